The summed E-state index contributed by atoms with van der Waals surface area (Å²) in [6.07, 6.45) is 1.98. The van der Waals surface area contributed by atoms with Crippen molar-refractivity contribution in [2.45, 2.75) is 23.5 Å². The third kappa shape index (κ3) is 3.34. The molecule has 0 aliphatic carbocycles. The molecule has 0 saturated carbocycles. The molecule has 1 N–H and O–H groups in total. The first-order valence-electron chi connectivity index (χ1n) is 6.38. The molecule has 20 heavy (non-hydrogen) atoms. The first-order valence-corrected chi connectivity index (χ1v) is 9.09. The predicted octanol–water partition coefficient (Wildman–Crippen LogP) is 3.26. The summed E-state index contributed by atoms with van der Waals surface area (Å²) in [5.41, 5.74) is 0. The van der Waals surface area contributed by atoms with E-state index in [2.05, 4.69) is 4.72 Å². The molecule has 0 atom stereocenters. The Labute approximate surface area is 124 Å². The molecule has 0 unspecified atom stereocenters. The average molecular weight is 309 g/mol. The lowest BCUT2D eigenvalue weighted by Gasteiger charge is -2.22. The van der Waals surface area contributed by atoms with Crippen LogP contribution < -0.4 is 4.72 Å². The number of hydrogen-bond acceptors (Lipinski definition) is 3. The zero-order valence-corrected chi connectivity index (χ0v) is 13.5. The lowest BCUT2D eigenvalue weighted by Crippen LogP contribution is -2.36. The Morgan fingerprint density at radius 3 is 2.45 bits per heavy atom. The molecule has 0 radical (unpaired) electrons. The molecular weight excluding hydrogens is 290 g/mol. The fourth-order valence-corrected chi connectivity index (χ4v) is 3.60. The highest BCUT2D eigenvalue weighted by atomic mass is 32.2. The minimum absolute atomic E-state index is 0.127. The summed E-state index contributed by atoms with van der Waals surface area (Å²) in [4.78, 5) is 0.340. The van der Waals surface area contributed by atoms with Crippen molar-refractivity contribution in [3.63, 3.8) is 0 Å². The van der Waals surface area contributed by atoms with Crippen molar-refractivity contribution in [2.75, 3.05) is 12.8 Å². The molecule has 2 aromatic carbocycles. The predicted molar refractivity (Wildman–Crippen MR) is 86.7 cm³/mol. The fraction of sp³-hybridized carbons (Fsp3) is 0.333. The molecule has 0 spiro atoms. The van der Waals surface area contributed by atoms with Crippen LogP contribution in [0.2, 0.25) is 0 Å². The first-order chi connectivity index (χ1) is 9.36. The van der Waals surface area contributed by atoms with Gasteiger partial charge in [-0.1, -0.05) is 36.4 Å². The summed E-state index contributed by atoms with van der Waals surface area (Å²) >= 11 is 1.64. The SMILES string of the molecule is CSC(C)(C)CNS(=O)(=O)c1cccc2ccccc12. The summed E-state index contributed by atoms with van der Waals surface area (Å²) in [7, 11) is -3.49. The molecular formula is C15H19NO2S2. The minimum atomic E-state index is -3.49. The van der Waals surface area contributed by atoms with Crippen LogP contribution in [0.15, 0.2) is 47.4 Å². The van der Waals surface area contributed by atoms with E-state index < -0.39 is 10.0 Å². The molecule has 0 aliphatic rings. The molecule has 5 heteroatoms. The summed E-state index contributed by atoms with van der Waals surface area (Å²) < 4.78 is 27.6. The van der Waals surface area contributed by atoms with Crippen molar-refractivity contribution in [3.05, 3.63) is 42.5 Å². The standard InChI is InChI=1S/C15H19NO2S2/c1-15(2,19-3)11-16-20(17,18)14-10-6-8-12-7-4-5-9-13(12)14/h4-10,16H,11H2,1-3H3. The molecule has 108 valence electrons. The zero-order chi connectivity index (χ0) is 14.8. The van der Waals surface area contributed by atoms with Gasteiger partial charge in [0.15, 0.2) is 0 Å². The van der Waals surface area contributed by atoms with Gasteiger partial charge in [-0.15, -0.1) is 0 Å². The van der Waals surface area contributed by atoms with Crippen molar-refractivity contribution < 1.29 is 8.42 Å². The number of nitrogens with one attached hydrogen (secondary N) is 1. The molecule has 0 heterocycles. The Kier molecular flexibility index (Phi) is 4.42. The van der Waals surface area contributed by atoms with E-state index >= 15 is 0 Å². The van der Waals surface area contributed by atoms with Gasteiger partial charge in [-0.05, 0) is 31.6 Å². The maximum Gasteiger partial charge on any atom is 0.241 e. The quantitative estimate of drug-likeness (QED) is 0.922. The zero-order valence-electron chi connectivity index (χ0n) is 11.9. The van der Waals surface area contributed by atoms with Crippen LogP contribution in [0.5, 0.6) is 0 Å². The first kappa shape index (κ1) is 15.4. The van der Waals surface area contributed by atoms with Gasteiger partial charge in [0.25, 0.3) is 0 Å². The maximum atomic E-state index is 12.5. The summed E-state index contributed by atoms with van der Waals surface area (Å²) in [5.74, 6) is 0. The number of sulfonamides is 1. The highest BCUT2D eigenvalue weighted by Gasteiger charge is 2.22. The third-order valence-corrected chi connectivity index (χ3v) is 5.99. The van der Waals surface area contributed by atoms with Crippen molar-refractivity contribution in [1.29, 1.82) is 0 Å². The summed E-state index contributed by atoms with van der Waals surface area (Å²) in [6.45, 7) is 4.44. The van der Waals surface area contributed by atoms with Crippen molar-refractivity contribution in [2.24, 2.45) is 0 Å². The van der Waals surface area contributed by atoms with Gasteiger partial charge in [0.2, 0.25) is 10.0 Å². The van der Waals surface area contributed by atoms with Gasteiger partial charge in [0.05, 0.1) is 4.90 Å². The van der Waals surface area contributed by atoms with Crippen LogP contribution in [0.4, 0.5) is 0 Å². The second-order valence-corrected chi connectivity index (χ2v) is 8.51. The Hall–Kier alpha value is -1.04. The Morgan fingerprint density at radius 2 is 1.75 bits per heavy atom. The molecule has 0 fully saturated rings. The largest absolute Gasteiger partial charge is 0.241 e. The van der Waals surface area contributed by atoms with E-state index in [4.69, 9.17) is 0 Å². The van der Waals surface area contributed by atoms with Crippen LogP contribution in [-0.4, -0.2) is 26.0 Å². The Bertz CT molecular complexity index is 703. The molecule has 0 aromatic heterocycles. The van der Waals surface area contributed by atoms with Gasteiger partial charge in [-0.3, -0.25) is 0 Å². The molecule has 0 aliphatic heterocycles. The molecule has 0 amide bonds. The van der Waals surface area contributed by atoms with Crippen molar-refractivity contribution in [3.8, 4) is 0 Å². The second-order valence-electron chi connectivity index (χ2n) is 5.27. The fourth-order valence-electron chi connectivity index (χ4n) is 1.85. The van der Waals surface area contributed by atoms with Gasteiger partial charge >= 0.3 is 0 Å². The van der Waals surface area contributed by atoms with Gasteiger partial charge in [0.1, 0.15) is 0 Å². The van der Waals surface area contributed by atoms with Crippen molar-refractivity contribution >= 4 is 32.6 Å². The van der Waals surface area contributed by atoms with Crippen LogP contribution in [0, 0.1) is 0 Å². The summed E-state index contributed by atoms with van der Waals surface area (Å²) in [6, 6.07) is 12.9. The van der Waals surface area contributed by atoms with E-state index in [1.807, 2.05) is 50.4 Å². The van der Waals surface area contributed by atoms with E-state index in [9.17, 15) is 8.42 Å². The second kappa shape index (κ2) is 5.76. The minimum Gasteiger partial charge on any atom is -0.210 e. The van der Waals surface area contributed by atoms with E-state index in [1.54, 1.807) is 23.9 Å². The lowest BCUT2D eigenvalue weighted by atomic mass is 10.1. The summed E-state index contributed by atoms with van der Waals surface area (Å²) in [5, 5.41) is 1.68. The highest BCUT2D eigenvalue weighted by Crippen LogP contribution is 2.24. The number of rotatable bonds is 5. The van der Waals surface area contributed by atoms with Crippen LogP contribution in [-0.2, 0) is 10.0 Å². The van der Waals surface area contributed by atoms with Gasteiger partial charge in [-0.25, -0.2) is 13.1 Å². The maximum absolute atomic E-state index is 12.5. The molecule has 2 rings (SSSR count). The molecule has 2 aromatic rings. The Balaban J connectivity index is 2.38. The van der Waals surface area contributed by atoms with E-state index in [0.717, 1.165) is 10.8 Å². The monoisotopic (exact) mass is 309 g/mol. The van der Waals surface area contributed by atoms with Crippen molar-refractivity contribution in [1.82, 2.24) is 4.72 Å². The van der Waals surface area contributed by atoms with Gasteiger partial charge < -0.3 is 0 Å². The van der Waals surface area contributed by atoms with E-state index in [0.29, 0.717) is 11.4 Å². The molecule has 0 saturated heterocycles. The average Bonchev–Trinajstić information content (AvgIpc) is 2.45. The van der Waals surface area contributed by atoms with Crippen LogP contribution in [0.25, 0.3) is 10.8 Å². The lowest BCUT2D eigenvalue weighted by molar-refractivity contribution is 0.571. The molecule has 3 nitrogen and oxygen atoms in total. The Morgan fingerprint density at radius 1 is 1.10 bits per heavy atom. The van der Waals surface area contributed by atoms with E-state index in [1.165, 1.54) is 0 Å². The van der Waals surface area contributed by atoms with Crippen LogP contribution >= 0.6 is 11.8 Å². The number of fused-ring (bicyclic) bond motifs is 1. The number of benzene rings is 2. The van der Waals surface area contributed by atoms with Crippen LogP contribution in [0.3, 0.4) is 0 Å². The van der Waals surface area contributed by atoms with Gasteiger partial charge in [-0.2, -0.15) is 11.8 Å². The number of hydrogen-bond donors (Lipinski definition) is 1. The normalized spacial score (nSPS) is 12.8. The number of thioether (sulfide) groups is 1. The molecule has 0 bridgehead atoms. The topological polar surface area (TPSA) is 46.2 Å². The van der Waals surface area contributed by atoms with Gasteiger partial charge in [0, 0.05) is 16.7 Å². The highest BCUT2D eigenvalue weighted by molar-refractivity contribution is 8.00. The third-order valence-electron chi connectivity index (χ3n) is 3.28. The smallest absolute Gasteiger partial charge is 0.210 e. The van der Waals surface area contributed by atoms with E-state index in [-0.39, 0.29) is 4.75 Å². The van der Waals surface area contributed by atoms with Crippen LogP contribution in [0.1, 0.15) is 13.8 Å².